The molecule has 2 atom stereocenters. The first-order valence-electron chi connectivity index (χ1n) is 7.39. The van der Waals surface area contributed by atoms with Crippen LogP contribution in [0.3, 0.4) is 0 Å². The molecule has 6 heteroatoms. The van der Waals surface area contributed by atoms with Gasteiger partial charge in [0.15, 0.2) is 0 Å². The number of carbonyl (C=O) groups is 2. The molecule has 6 nitrogen and oxygen atoms in total. The van der Waals surface area contributed by atoms with Crippen LogP contribution in [-0.2, 0) is 9.53 Å². The zero-order valence-electron chi connectivity index (χ0n) is 12.4. The molecule has 0 unspecified atom stereocenters. The van der Waals surface area contributed by atoms with E-state index in [1.165, 1.54) is 19.3 Å². The molecule has 0 bridgehead atoms. The quantitative estimate of drug-likeness (QED) is 0.815. The summed E-state index contributed by atoms with van der Waals surface area (Å²) in [6.07, 6.45) is 3.65. The van der Waals surface area contributed by atoms with Gasteiger partial charge in [0.2, 0.25) is 5.91 Å². The standard InChI is InChI=1S/C14H25N3O3/c1-11-3-4-12(7-11)8-15-14(19)17-9-13(18)16(10-17)5-6-20-2/h11-12H,3-10H2,1-2H3,(H,15,19)/t11-,12-/m1/s1. The Morgan fingerprint density at radius 3 is 2.90 bits per heavy atom. The van der Waals surface area contributed by atoms with Crippen LogP contribution < -0.4 is 5.32 Å². The van der Waals surface area contributed by atoms with Crippen molar-refractivity contribution in [2.24, 2.45) is 11.8 Å². The first-order valence-corrected chi connectivity index (χ1v) is 7.39. The highest BCUT2D eigenvalue weighted by atomic mass is 16.5. The van der Waals surface area contributed by atoms with E-state index in [1.54, 1.807) is 16.9 Å². The van der Waals surface area contributed by atoms with Crippen molar-refractivity contribution >= 4 is 11.9 Å². The molecule has 2 rings (SSSR count). The van der Waals surface area contributed by atoms with Gasteiger partial charge in [-0.25, -0.2) is 4.79 Å². The first-order chi connectivity index (χ1) is 9.60. The van der Waals surface area contributed by atoms with E-state index < -0.39 is 0 Å². The maximum atomic E-state index is 12.1. The number of hydrogen-bond acceptors (Lipinski definition) is 3. The molecule has 1 saturated heterocycles. The largest absolute Gasteiger partial charge is 0.383 e. The fourth-order valence-corrected chi connectivity index (χ4v) is 2.98. The summed E-state index contributed by atoms with van der Waals surface area (Å²) in [4.78, 5) is 27.0. The topological polar surface area (TPSA) is 61.9 Å². The van der Waals surface area contributed by atoms with E-state index in [9.17, 15) is 9.59 Å². The Morgan fingerprint density at radius 2 is 2.25 bits per heavy atom. The van der Waals surface area contributed by atoms with Crippen molar-refractivity contribution in [3.05, 3.63) is 0 Å². The second-order valence-electron chi connectivity index (χ2n) is 5.96. The molecule has 0 aromatic carbocycles. The average molecular weight is 283 g/mol. The summed E-state index contributed by atoms with van der Waals surface area (Å²) in [5.41, 5.74) is 0. The van der Waals surface area contributed by atoms with Gasteiger partial charge in [-0.2, -0.15) is 0 Å². The van der Waals surface area contributed by atoms with E-state index in [2.05, 4.69) is 12.2 Å². The molecule has 1 N–H and O–H groups in total. The van der Waals surface area contributed by atoms with Crippen LogP contribution in [-0.4, -0.2) is 61.8 Å². The van der Waals surface area contributed by atoms with Crippen LogP contribution in [0.25, 0.3) is 0 Å². The van der Waals surface area contributed by atoms with E-state index in [0.717, 1.165) is 12.5 Å². The Hall–Kier alpha value is -1.30. The highest BCUT2D eigenvalue weighted by Crippen LogP contribution is 2.29. The van der Waals surface area contributed by atoms with E-state index in [4.69, 9.17) is 4.74 Å². The summed E-state index contributed by atoms with van der Waals surface area (Å²) in [7, 11) is 1.60. The zero-order chi connectivity index (χ0) is 14.5. The smallest absolute Gasteiger partial charge is 0.319 e. The summed E-state index contributed by atoms with van der Waals surface area (Å²) in [6.45, 7) is 4.58. The maximum Gasteiger partial charge on any atom is 0.319 e. The second kappa shape index (κ2) is 6.92. The van der Waals surface area contributed by atoms with Crippen LogP contribution >= 0.6 is 0 Å². The van der Waals surface area contributed by atoms with Gasteiger partial charge in [0.1, 0.15) is 6.54 Å². The van der Waals surface area contributed by atoms with Gasteiger partial charge in [0.05, 0.1) is 13.3 Å². The van der Waals surface area contributed by atoms with Crippen molar-refractivity contribution in [2.45, 2.75) is 26.2 Å². The van der Waals surface area contributed by atoms with Gasteiger partial charge in [0, 0.05) is 20.2 Å². The Labute approximate surface area is 120 Å². The van der Waals surface area contributed by atoms with Gasteiger partial charge in [-0.1, -0.05) is 13.3 Å². The normalized spacial score (nSPS) is 26.4. The number of rotatable bonds is 5. The molecule has 0 spiro atoms. The third kappa shape index (κ3) is 3.85. The number of hydrogen-bond donors (Lipinski definition) is 1. The minimum atomic E-state index is -0.127. The molecule has 0 radical (unpaired) electrons. The van der Waals surface area contributed by atoms with Crippen LogP contribution in [0, 0.1) is 11.8 Å². The van der Waals surface area contributed by atoms with Crippen molar-refractivity contribution in [3.8, 4) is 0 Å². The lowest BCUT2D eigenvalue weighted by Crippen LogP contribution is -2.41. The summed E-state index contributed by atoms with van der Waals surface area (Å²) < 4.78 is 4.96. The highest BCUT2D eigenvalue weighted by Gasteiger charge is 2.31. The molecule has 3 amide bonds. The third-order valence-electron chi connectivity index (χ3n) is 4.22. The summed E-state index contributed by atoms with van der Waals surface area (Å²) >= 11 is 0. The minimum absolute atomic E-state index is 0.00770. The molecule has 0 aromatic heterocycles. The van der Waals surface area contributed by atoms with Crippen molar-refractivity contribution < 1.29 is 14.3 Å². The SMILES string of the molecule is COCCN1CN(C(=O)NC[C@@H]2CC[C@@H](C)C2)CC1=O. The third-order valence-corrected chi connectivity index (χ3v) is 4.22. The number of urea groups is 1. The Kier molecular flexibility index (Phi) is 5.23. The molecule has 20 heavy (non-hydrogen) atoms. The van der Waals surface area contributed by atoms with Gasteiger partial charge in [-0.15, -0.1) is 0 Å². The van der Waals surface area contributed by atoms with E-state index in [1.807, 2.05) is 0 Å². The van der Waals surface area contributed by atoms with E-state index in [0.29, 0.717) is 25.7 Å². The molecular formula is C14H25N3O3. The number of methoxy groups -OCH3 is 1. The molecule has 1 saturated carbocycles. The summed E-state index contributed by atoms with van der Waals surface area (Å²) in [5, 5.41) is 2.96. The molecule has 1 aliphatic carbocycles. The Balaban J connectivity index is 1.72. The van der Waals surface area contributed by atoms with Crippen LogP contribution in [0.4, 0.5) is 4.79 Å². The number of nitrogens with one attached hydrogen (secondary N) is 1. The molecular weight excluding hydrogens is 258 g/mol. The monoisotopic (exact) mass is 283 g/mol. The van der Waals surface area contributed by atoms with E-state index in [-0.39, 0.29) is 18.5 Å². The van der Waals surface area contributed by atoms with Gasteiger partial charge in [0.25, 0.3) is 0 Å². The van der Waals surface area contributed by atoms with Crippen molar-refractivity contribution in [3.63, 3.8) is 0 Å². The number of carbonyl (C=O) groups excluding carboxylic acids is 2. The fourth-order valence-electron chi connectivity index (χ4n) is 2.98. The summed E-state index contributed by atoms with van der Waals surface area (Å²) in [6, 6.07) is -0.127. The molecule has 1 aliphatic heterocycles. The molecule has 1 heterocycles. The van der Waals surface area contributed by atoms with Crippen LogP contribution in [0.2, 0.25) is 0 Å². The van der Waals surface area contributed by atoms with E-state index >= 15 is 0 Å². The van der Waals surface area contributed by atoms with Gasteiger partial charge in [-0.3, -0.25) is 9.69 Å². The Morgan fingerprint density at radius 1 is 1.45 bits per heavy atom. The number of ether oxygens (including phenoxy) is 1. The summed E-state index contributed by atoms with van der Waals surface area (Å²) in [5.74, 6) is 1.36. The van der Waals surface area contributed by atoms with Crippen molar-refractivity contribution in [1.82, 2.24) is 15.1 Å². The minimum Gasteiger partial charge on any atom is -0.383 e. The molecule has 2 aliphatic rings. The predicted molar refractivity (Wildman–Crippen MR) is 75.1 cm³/mol. The molecule has 2 fully saturated rings. The number of amides is 3. The maximum absolute atomic E-state index is 12.1. The molecule has 114 valence electrons. The molecule has 0 aromatic rings. The zero-order valence-corrected chi connectivity index (χ0v) is 12.4. The van der Waals surface area contributed by atoms with Crippen molar-refractivity contribution in [1.29, 1.82) is 0 Å². The van der Waals surface area contributed by atoms with Gasteiger partial charge < -0.3 is 15.0 Å². The van der Waals surface area contributed by atoms with Crippen molar-refractivity contribution in [2.75, 3.05) is 40.0 Å². The average Bonchev–Trinajstić information content (AvgIpc) is 3.00. The number of nitrogens with zero attached hydrogens (tertiary/aromatic N) is 2. The lowest BCUT2D eigenvalue weighted by atomic mass is 10.1. The van der Waals surface area contributed by atoms with Crippen LogP contribution in [0.1, 0.15) is 26.2 Å². The van der Waals surface area contributed by atoms with Gasteiger partial charge >= 0.3 is 6.03 Å². The predicted octanol–water partition coefficient (Wildman–Crippen LogP) is 0.880. The van der Waals surface area contributed by atoms with Crippen LogP contribution in [0.5, 0.6) is 0 Å². The second-order valence-corrected chi connectivity index (χ2v) is 5.96. The lowest BCUT2D eigenvalue weighted by Gasteiger charge is -2.19. The first kappa shape index (κ1) is 15.1. The highest BCUT2D eigenvalue weighted by molar-refractivity contribution is 5.87. The van der Waals surface area contributed by atoms with Crippen LogP contribution in [0.15, 0.2) is 0 Å². The fraction of sp³-hybridized carbons (Fsp3) is 0.857. The lowest BCUT2D eigenvalue weighted by molar-refractivity contribution is -0.127. The van der Waals surface area contributed by atoms with Gasteiger partial charge in [-0.05, 0) is 24.7 Å². The Bertz CT molecular complexity index is 362.